The molecule has 0 bridgehead atoms. The number of carbonyl (C=O) groups is 1. The Hall–Kier alpha value is -2.31. The Labute approximate surface area is 159 Å². The predicted molar refractivity (Wildman–Crippen MR) is 107 cm³/mol. The molecule has 0 aliphatic heterocycles. The summed E-state index contributed by atoms with van der Waals surface area (Å²) in [6, 6.07) is 14.0. The highest BCUT2D eigenvalue weighted by Gasteiger charge is 2.10. The smallest absolute Gasteiger partial charge is 0.244 e. The van der Waals surface area contributed by atoms with Gasteiger partial charge in [-0.25, -0.2) is 8.42 Å². The van der Waals surface area contributed by atoms with Crippen molar-refractivity contribution in [1.29, 1.82) is 0 Å². The van der Waals surface area contributed by atoms with Crippen molar-refractivity contribution in [1.82, 2.24) is 5.32 Å². The number of hydrogen-bond acceptors (Lipinski definition) is 3. The minimum absolute atomic E-state index is 0.0919. The van der Waals surface area contributed by atoms with Gasteiger partial charge in [-0.2, -0.15) is 0 Å². The van der Waals surface area contributed by atoms with Gasteiger partial charge in [-0.1, -0.05) is 42.8 Å². The molecule has 26 heavy (non-hydrogen) atoms. The van der Waals surface area contributed by atoms with Gasteiger partial charge in [-0.05, 0) is 47.9 Å². The molecule has 5 nitrogen and oxygen atoms in total. The molecule has 0 fully saturated rings. The van der Waals surface area contributed by atoms with Gasteiger partial charge < -0.3 is 5.32 Å². The van der Waals surface area contributed by atoms with Crippen LogP contribution in [0.5, 0.6) is 0 Å². The monoisotopic (exact) mass is 392 g/mol. The highest BCUT2D eigenvalue weighted by molar-refractivity contribution is 7.92. The lowest BCUT2D eigenvalue weighted by atomic mass is 10.0. The van der Waals surface area contributed by atoms with E-state index in [1.807, 2.05) is 19.1 Å². The van der Waals surface area contributed by atoms with Gasteiger partial charge >= 0.3 is 0 Å². The van der Waals surface area contributed by atoms with Crippen LogP contribution in [0, 0.1) is 0 Å². The third-order valence-electron chi connectivity index (χ3n) is 3.64. The molecule has 2 N–H and O–H groups in total. The van der Waals surface area contributed by atoms with Gasteiger partial charge in [0.1, 0.15) is 0 Å². The van der Waals surface area contributed by atoms with E-state index in [2.05, 4.69) is 10.0 Å². The van der Waals surface area contributed by atoms with Crippen molar-refractivity contribution in [2.24, 2.45) is 0 Å². The molecule has 0 saturated carbocycles. The van der Waals surface area contributed by atoms with Crippen LogP contribution in [0.15, 0.2) is 54.6 Å². The lowest BCUT2D eigenvalue weighted by Gasteiger charge is -2.16. The largest absolute Gasteiger partial charge is 0.346 e. The van der Waals surface area contributed by atoms with Gasteiger partial charge in [-0.15, -0.1) is 0 Å². The molecule has 2 aromatic carbocycles. The Kier molecular flexibility index (Phi) is 6.83. The van der Waals surface area contributed by atoms with E-state index >= 15 is 0 Å². The van der Waals surface area contributed by atoms with Crippen LogP contribution in [0.4, 0.5) is 5.69 Å². The van der Waals surface area contributed by atoms with Crippen molar-refractivity contribution < 1.29 is 13.2 Å². The summed E-state index contributed by atoms with van der Waals surface area (Å²) in [6.45, 7) is 2.00. The van der Waals surface area contributed by atoms with E-state index in [-0.39, 0.29) is 11.9 Å². The second kappa shape index (κ2) is 8.87. The Balaban J connectivity index is 1.98. The first-order chi connectivity index (χ1) is 12.3. The molecule has 7 heteroatoms. The number of sulfonamides is 1. The molecular formula is C19H21ClN2O3S. The average Bonchev–Trinajstić information content (AvgIpc) is 2.58. The van der Waals surface area contributed by atoms with E-state index < -0.39 is 10.0 Å². The first kappa shape index (κ1) is 20.0. The molecular weight excluding hydrogens is 372 g/mol. The summed E-state index contributed by atoms with van der Waals surface area (Å²) in [5.74, 6) is -0.204. The summed E-state index contributed by atoms with van der Waals surface area (Å²) in [7, 11) is -3.30. The molecule has 0 saturated heterocycles. The molecule has 1 amide bonds. The average molecular weight is 393 g/mol. The zero-order valence-electron chi connectivity index (χ0n) is 14.6. The Morgan fingerprint density at radius 2 is 1.73 bits per heavy atom. The van der Waals surface area contributed by atoms with Crippen molar-refractivity contribution in [2.75, 3.05) is 11.0 Å². The SMILES string of the molecule is CCC(NC(=O)/C=C/c1ccc(NS(C)(=O)=O)cc1)c1ccc(Cl)cc1. The van der Waals surface area contributed by atoms with Crippen LogP contribution >= 0.6 is 11.6 Å². The molecule has 2 rings (SSSR count). The Morgan fingerprint density at radius 3 is 2.27 bits per heavy atom. The third kappa shape index (κ3) is 6.54. The van der Waals surface area contributed by atoms with E-state index in [0.717, 1.165) is 23.8 Å². The van der Waals surface area contributed by atoms with Crippen molar-refractivity contribution in [3.8, 4) is 0 Å². The van der Waals surface area contributed by atoms with Crippen molar-refractivity contribution in [2.45, 2.75) is 19.4 Å². The number of benzene rings is 2. The van der Waals surface area contributed by atoms with Crippen LogP contribution in [-0.2, 0) is 14.8 Å². The van der Waals surface area contributed by atoms with Crippen LogP contribution in [0.1, 0.15) is 30.5 Å². The van der Waals surface area contributed by atoms with Crippen LogP contribution in [0.3, 0.4) is 0 Å². The molecule has 0 aromatic heterocycles. The maximum atomic E-state index is 12.2. The number of halogens is 1. The quantitative estimate of drug-likeness (QED) is 0.699. The summed E-state index contributed by atoms with van der Waals surface area (Å²) < 4.78 is 24.8. The Bertz CT molecular complexity index is 876. The van der Waals surface area contributed by atoms with Crippen molar-refractivity contribution >= 4 is 39.3 Å². The number of nitrogens with one attached hydrogen (secondary N) is 2. The van der Waals surface area contributed by atoms with Gasteiger partial charge in [0.2, 0.25) is 15.9 Å². The van der Waals surface area contributed by atoms with Crippen molar-refractivity contribution in [3.05, 3.63) is 70.8 Å². The number of hydrogen-bond donors (Lipinski definition) is 2. The summed E-state index contributed by atoms with van der Waals surface area (Å²) >= 11 is 5.89. The number of amides is 1. The van der Waals surface area contributed by atoms with E-state index in [1.165, 1.54) is 6.08 Å². The van der Waals surface area contributed by atoms with Gasteiger partial charge in [0, 0.05) is 16.8 Å². The zero-order chi connectivity index (χ0) is 19.2. The topological polar surface area (TPSA) is 75.3 Å². The van der Waals surface area contributed by atoms with Crippen LogP contribution in [0.25, 0.3) is 6.08 Å². The maximum Gasteiger partial charge on any atom is 0.244 e. The molecule has 2 aromatic rings. The van der Waals surface area contributed by atoms with E-state index in [1.54, 1.807) is 42.5 Å². The molecule has 0 heterocycles. The second-order valence-corrected chi connectivity index (χ2v) is 8.04. The first-order valence-corrected chi connectivity index (χ1v) is 10.4. The minimum atomic E-state index is -3.30. The molecule has 0 radical (unpaired) electrons. The van der Waals surface area contributed by atoms with Gasteiger partial charge in [0.25, 0.3) is 0 Å². The summed E-state index contributed by atoms with van der Waals surface area (Å²) in [5, 5.41) is 3.61. The standard InChI is InChI=1S/C19H21ClN2O3S/c1-3-18(15-7-9-16(20)10-8-15)21-19(23)13-6-14-4-11-17(12-5-14)22-26(2,24)25/h4-13,18,22H,3H2,1-2H3,(H,21,23)/b13-6+. The fourth-order valence-corrected chi connectivity index (χ4v) is 3.07. The van der Waals surface area contributed by atoms with E-state index in [0.29, 0.717) is 10.7 Å². The normalized spacial score (nSPS) is 12.7. The number of anilines is 1. The zero-order valence-corrected chi connectivity index (χ0v) is 16.1. The van der Waals surface area contributed by atoms with Gasteiger partial charge in [0.05, 0.1) is 12.3 Å². The third-order valence-corrected chi connectivity index (χ3v) is 4.50. The number of rotatable bonds is 7. The summed E-state index contributed by atoms with van der Waals surface area (Å²) in [4.78, 5) is 12.2. The molecule has 0 spiro atoms. The highest BCUT2D eigenvalue weighted by Crippen LogP contribution is 2.19. The molecule has 138 valence electrons. The molecule has 1 atom stereocenters. The van der Waals surface area contributed by atoms with Gasteiger partial charge in [-0.3, -0.25) is 9.52 Å². The first-order valence-electron chi connectivity index (χ1n) is 8.08. The van der Waals surface area contributed by atoms with Gasteiger partial charge in [0.15, 0.2) is 0 Å². The minimum Gasteiger partial charge on any atom is -0.346 e. The molecule has 0 aliphatic rings. The lowest BCUT2D eigenvalue weighted by Crippen LogP contribution is -2.26. The number of carbonyl (C=O) groups excluding carboxylic acids is 1. The lowest BCUT2D eigenvalue weighted by molar-refractivity contribution is -0.117. The predicted octanol–water partition coefficient (Wildman–Crippen LogP) is 3.99. The summed E-state index contributed by atoms with van der Waals surface area (Å²) in [5.41, 5.74) is 2.26. The fourth-order valence-electron chi connectivity index (χ4n) is 2.38. The van der Waals surface area contributed by atoms with Crippen molar-refractivity contribution in [3.63, 3.8) is 0 Å². The van der Waals surface area contributed by atoms with Crippen LogP contribution in [-0.4, -0.2) is 20.6 Å². The Morgan fingerprint density at radius 1 is 1.12 bits per heavy atom. The molecule has 1 unspecified atom stereocenters. The van der Waals surface area contributed by atoms with Crippen LogP contribution < -0.4 is 10.0 Å². The highest BCUT2D eigenvalue weighted by atomic mass is 35.5. The summed E-state index contributed by atoms with van der Waals surface area (Å²) in [6.07, 6.45) is 4.98. The molecule has 0 aliphatic carbocycles. The van der Waals surface area contributed by atoms with E-state index in [9.17, 15) is 13.2 Å². The van der Waals surface area contributed by atoms with Crippen LogP contribution in [0.2, 0.25) is 5.02 Å². The van der Waals surface area contributed by atoms with E-state index in [4.69, 9.17) is 11.6 Å². The fraction of sp³-hybridized carbons (Fsp3) is 0.211. The maximum absolute atomic E-state index is 12.2. The second-order valence-electron chi connectivity index (χ2n) is 5.85.